The third-order valence-electron chi connectivity index (χ3n) is 9.02. The molecule has 3 fully saturated rings. The van der Waals surface area contributed by atoms with Gasteiger partial charge in [-0.2, -0.15) is 0 Å². The first kappa shape index (κ1) is 26.0. The summed E-state index contributed by atoms with van der Waals surface area (Å²) in [6, 6.07) is 0. The molecule has 0 heterocycles. The van der Waals surface area contributed by atoms with E-state index < -0.39 is 6.10 Å². The van der Waals surface area contributed by atoms with Gasteiger partial charge in [0.2, 0.25) is 0 Å². The van der Waals surface area contributed by atoms with Crippen molar-refractivity contribution in [3.05, 3.63) is 47.6 Å². The molecule has 7 atom stereocenters. The number of hydrogen-bond donors (Lipinski definition) is 1. The van der Waals surface area contributed by atoms with Crippen LogP contribution in [0, 0.1) is 35.0 Å². The van der Waals surface area contributed by atoms with E-state index in [1.807, 2.05) is 0 Å². The zero-order valence-corrected chi connectivity index (χ0v) is 21.8. The Kier molecular flexibility index (Phi) is 8.48. The maximum Gasteiger partial charge on any atom is 0.302 e. The minimum atomic E-state index is -0.638. The highest BCUT2D eigenvalue weighted by Crippen LogP contribution is 2.59. The molecule has 3 heteroatoms. The van der Waals surface area contributed by atoms with Crippen LogP contribution >= 0.6 is 0 Å². The second-order valence-electron chi connectivity index (χ2n) is 11.6. The van der Waals surface area contributed by atoms with Crippen molar-refractivity contribution in [2.75, 3.05) is 0 Å². The van der Waals surface area contributed by atoms with Crippen molar-refractivity contribution < 1.29 is 14.6 Å². The van der Waals surface area contributed by atoms with E-state index in [0.717, 1.165) is 23.5 Å². The Morgan fingerprint density at radius 3 is 2.58 bits per heavy atom. The number of ether oxygens (including phenoxy) is 1. The minimum Gasteiger partial charge on any atom is -0.462 e. The van der Waals surface area contributed by atoms with Crippen LogP contribution in [0.2, 0.25) is 0 Å². The zero-order chi connectivity index (χ0) is 24.3. The summed E-state index contributed by atoms with van der Waals surface area (Å²) in [4.78, 5) is 11.4. The summed E-state index contributed by atoms with van der Waals surface area (Å²) < 4.78 is 5.40. The number of aliphatic hydroxyl groups excluding tert-OH is 1. The molecular formula is C30H46O3. The molecule has 3 nitrogen and oxygen atoms in total. The van der Waals surface area contributed by atoms with Gasteiger partial charge < -0.3 is 9.84 Å². The first-order chi connectivity index (χ1) is 15.5. The fraction of sp³-hybridized carbons (Fsp3) is 0.700. The summed E-state index contributed by atoms with van der Waals surface area (Å²) in [5.74, 6) is 3.00. The largest absolute Gasteiger partial charge is 0.462 e. The lowest BCUT2D eigenvalue weighted by Gasteiger charge is -2.44. The van der Waals surface area contributed by atoms with Gasteiger partial charge in [0.1, 0.15) is 6.10 Å². The van der Waals surface area contributed by atoms with Gasteiger partial charge in [0.05, 0.1) is 6.10 Å². The Morgan fingerprint density at radius 1 is 1.18 bits per heavy atom. The highest BCUT2D eigenvalue weighted by molar-refractivity contribution is 5.66. The predicted molar refractivity (Wildman–Crippen MR) is 137 cm³/mol. The molecule has 0 spiro atoms. The number of hydrogen-bond acceptors (Lipinski definition) is 3. The van der Waals surface area contributed by atoms with E-state index in [-0.39, 0.29) is 12.1 Å². The maximum absolute atomic E-state index is 11.4. The van der Waals surface area contributed by atoms with Crippen LogP contribution in [0.4, 0.5) is 0 Å². The third-order valence-corrected chi connectivity index (χ3v) is 9.02. The number of allylic oxidation sites excluding steroid dienone is 5. The van der Waals surface area contributed by atoms with Gasteiger partial charge in [-0.3, -0.25) is 4.79 Å². The molecule has 3 rings (SSSR count). The van der Waals surface area contributed by atoms with Gasteiger partial charge in [0, 0.05) is 19.8 Å². The van der Waals surface area contributed by atoms with E-state index in [1.165, 1.54) is 32.6 Å². The van der Waals surface area contributed by atoms with Crippen molar-refractivity contribution in [1.29, 1.82) is 0 Å². The van der Waals surface area contributed by atoms with Crippen LogP contribution < -0.4 is 0 Å². The van der Waals surface area contributed by atoms with Crippen LogP contribution in [0.25, 0.3) is 0 Å². The fourth-order valence-corrected chi connectivity index (χ4v) is 6.62. The highest BCUT2D eigenvalue weighted by atomic mass is 16.5. The highest BCUT2D eigenvalue weighted by Gasteiger charge is 2.50. The summed E-state index contributed by atoms with van der Waals surface area (Å²) >= 11 is 0. The second-order valence-corrected chi connectivity index (χ2v) is 11.6. The molecule has 0 aliphatic heterocycles. The topological polar surface area (TPSA) is 46.5 Å². The van der Waals surface area contributed by atoms with Gasteiger partial charge in [-0.15, -0.1) is 0 Å². The summed E-state index contributed by atoms with van der Waals surface area (Å²) in [7, 11) is 0. The first-order valence-corrected chi connectivity index (χ1v) is 13.1. The Bertz CT molecular complexity index is 816. The van der Waals surface area contributed by atoms with Crippen LogP contribution in [0.15, 0.2) is 47.6 Å². The van der Waals surface area contributed by atoms with Gasteiger partial charge in [0.15, 0.2) is 0 Å². The van der Waals surface area contributed by atoms with E-state index in [0.29, 0.717) is 41.9 Å². The SMILES string of the molecule is C=C1/C(=C\C=C2/CCC[C@]3(C)[C@@H]([C@H](C)/C=C/[C@H](C)C(C)C)CC[C@@H]23)C[C@@H](OC(C)=O)C[C@H]1O. The van der Waals surface area contributed by atoms with Crippen molar-refractivity contribution in [2.24, 2.45) is 35.0 Å². The number of fused-ring (bicyclic) bond motifs is 1. The van der Waals surface area contributed by atoms with Crippen LogP contribution in [-0.2, 0) is 9.53 Å². The third kappa shape index (κ3) is 5.91. The number of rotatable bonds is 6. The summed E-state index contributed by atoms with van der Waals surface area (Å²) in [5, 5.41) is 10.4. The molecule has 3 aliphatic carbocycles. The van der Waals surface area contributed by atoms with Gasteiger partial charge in [-0.05, 0) is 78.3 Å². The Balaban J connectivity index is 1.76. The van der Waals surface area contributed by atoms with E-state index in [2.05, 4.69) is 65.5 Å². The molecule has 3 aliphatic rings. The molecule has 0 aromatic heterocycles. The molecule has 3 saturated carbocycles. The average Bonchev–Trinajstić information content (AvgIpc) is 3.10. The quantitative estimate of drug-likeness (QED) is 0.341. The van der Waals surface area contributed by atoms with Crippen LogP contribution in [-0.4, -0.2) is 23.3 Å². The van der Waals surface area contributed by atoms with E-state index in [9.17, 15) is 9.90 Å². The Morgan fingerprint density at radius 2 is 1.91 bits per heavy atom. The minimum absolute atomic E-state index is 0.263. The van der Waals surface area contributed by atoms with E-state index in [1.54, 1.807) is 5.57 Å². The molecule has 0 aromatic rings. The lowest BCUT2D eigenvalue weighted by atomic mass is 9.61. The molecule has 1 N–H and O–H groups in total. The summed E-state index contributed by atoms with van der Waals surface area (Å²) in [5.41, 5.74) is 3.71. The van der Waals surface area contributed by atoms with Gasteiger partial charge in [-0.1, -0.05) is 71.1 Å². The van der Waals surface area contributed by atoms with Gasteiger partial charge in [0.25, 0.3) is 0 Å². The number of esters is 1. The van der Waals surface area contributed by atoms with Crippen molar-refractivity contribution in [2.45, 2.75) is 98.7 Å². The molecule has 0 amide bonds. The van der Waals surface area contributed by atoms with Crippen molar-refractivity contribution in [3.63, 3.8) is 0 Å². The zero-order valence-electron chi connectivity index (χ0n) is 21.8. The molecular weight excluding hydrogens is 408 g/mol. The van der Waals surface area contributed by atoms with E-state index >= 15 is 0 Å². The van der Waals surface area contributed by atoms with Crippen molar-refractivity contribution in [3.8, 4) is 0 Å². The lowest BCUT2D eigenvalue weighted by molar-refractivity contribution is -0.147. The maximum atomic E-state index is 11.4. The molecule has 0 unspecified atom stereocenters. The Labute approximate surface area is 202 Å². The van der Waals surface area contributed by atoms with E-state index in [4.69, 9.17) is 4.74 Å². The van der Waals surface area contributed by atoms with Crippen molar-refractivity contribution >= 4 is 5.97 Å². The molecule has 33 heavy (non-hydrogen) atoms. The number of carbonyl (C=O) groups excluding carboxylic acids is 1. The number of aliphatic hydroxyl groups is 1. The van der Waals surface area contributed by atoms with Gasteiger partial charge >= 0.3 is 5.97 Å². The second kappa shape index (κ2) is 10.8. The van der Waals surface area contributed by atoms with Crippen molar-refractivity contribution in [1.82, 2.24) is 0 Å². The fourth-order valence-electron chi connectivity index (χ4n) is 6.62. The molecule has 184 valence electrons. The first-order valence-electron chi connectivity index (χ1n) is 13.1. The summed E-state index contributed by atoms with van der Waals surface area (Å²) in [6.07, 6.45) is 15.9. The molecule has 0 radical (unpaired) electrons. The van der Waals surface area contributed by atoms with Crippen LogP contribution in [0.5, 0.6) is 0 Å². The average molecular weight is 455 g/mol. The molecule has 0 bridgehead atoms. The summed E-state index contributed by atoms with van der Waals surface area (Å²) in [6.45, 7) is 17.4. The van der Waals surface area contributed by atoms with Gasteiger partial charge in [-0.25, -0.2) is 0 Å². The van der Waals surface area contributed by atoms with Crippen LogP contribution in [0.1, 0.15) is 86.5 Å². The smallest absolute Gasteiger partial charge is 0.302 e. The monoisotopic (exact) mass is 454 g/mol. The number of carbonyl (C=O) groups is 1. The lowest BCUT2D eigenvalue weighted by Crippen LogP contribution is -2.35. The normalized spacial score (nSPS) is 37.0. The molecule has 0 saturated heterocycles. The Hall–Kier alpha value is -1.61. The molecule has 0 aromatic carbocycles. The van der Waals surface area contributed by atoms with Crippen LogP contribution in [0.3, 0.4) is 0 Å². The standard InChI is InChI=1S/C30H46O3/c1-19(2)20(3)10-11-21(4)27-14-15-28-24(9-8-16-30(27,28)7)12-13-25-17-26(33-23(6)31)18-29(32)22(25)5/h10-13,19-21,26-29,32H,5,8-9,14-18H2,1-4,6-7H3/b11-10+,24-12+,25-13-/t20-,21+,26+,27+,28-,29+,30+/m0/s1. The predicted octanol–water partition coefficient (Wildman–Crippen LogP) is 7.18.